The van der Waals surface area contributed by atoms with Crippen LogP contribution < -0.4 is 15.4 Å². The van der Waals surface area contributed by atoms with Gasteiger partial charge in [0.05, 0.1) is 29.8 Å². The largest absolute Gasteiger partial charge is 0.467 e. The Balaban J connectivity index is 3.36. The molecule has 1 rings (SSSR count). The first kappa shape index (κ1) is 35.6. The molecule has 0 bridgehead atoms. The molecule has 11 nitrogen and oxygen atoms in total. The molecule has 226 valence electrons. The molecule has 0 fully saturated rings. The molecule has 0 spiro atoms. The highest BCUT2D eigenvalue weighted by Gasteiger charge is 2.34. The summed E-state index contributed by atoms with van der Waals surface area (Å²) in [4.78, 5) is 50.0. The highest BCUT2D eigenvalue weighted by molar-refractivity contribution is 7.89. The minimum atomic E-state index is -4.50. The topological polar surface area (TPSA) is 157 Å². The molecule has 0 heterocycles. The van der Waals surface area contributed by atoms with Crippen molar-refractivity contribution in [2.45, 2.75) is 77.4 Å². The Morgan fingerprint density at radius 3 is 1.70 bits per heavy atom. The molecule has 0 unspecified atom stereocenters. The lowest BCUT2D eigenvalue weighted by Crippen LogP contribution is -2.54. The van der Waals surface area contributed by atoms with Crippen molar-refractivity contribution in [3.63, 3.8) is 0 Å². The van der Waals surface area contributed by atoms with Crippen LogP contribution in [0.5, 0.6) is 0 Å². The van der Waals surface area contributed by atoms with Gasteiger partial charge in [-0.05, 0) is 42.7 Å². The highest BCUT2D eigenvalue weighted by atomic mass is 35.5. The lowest BCUT2D eigenvalue weighted by Gasteiger charge is -2.25. The number of ether oxygens (including phenoxy) is 2. The Bertz CT molecular complexity index is 1190. The first-order valence-electron chi connectivity index (χ1n) is 12.7. The van der Waals surface area contributed by atoms with Crippen molar-refractivity contribution in [3.05, 3.63) is 27.7 Å². The van der Waals surface area contributed by atoms with Crippen molar-refractivity contribution in [2.75, 3.05) is 14.2 Å². The molecule has 0 saturated heterocycles. The number of hydrogen-bond donors (Lipinski definition) is 3. The van der Waals surface area contributed by atoms with Gasteiger partial charge in [0.15, 0.2) is 0 Å². The highest BCUT2D eigenvalue weighted by Crippen LogP contribution is 2.29. The van der Waals surface area contributed by atoms with Gasteiger partial charge in [-0.15, -0.1) is 0 Å². The van der Waals surface area contributed by atoms with Gasteiger partial charge in [-0.2, -0.15) is 4.72 Å². The molecule has 3 atom stereocenters. The maximum Gasteiger partial charge on any atom is 0.328 e. The summed E-state index contributed by atoms with van der Waals surface area (Å²) < 4.78 is 38.7. The van der Waals surface area contributed by atoms with Crippen LogP contribution in [-0.4, -0.2) is 64.5 Å². The molecule has 0 saturated carbocycles. The Morgan fingerprint density at radius 2 is 1.27 bits per heavy atom. The molecular weight excluding hydrogens is 585 g/mol. The van der Waals surface area contributed by atoms with Crippen LogP contribution in [0, 0.1) is 17.8 Å². The van der Waals surface area contributed by atoms with Crippen LogP contribution in [0.4, 0.5) is 0 Å². The van der Waals surface area contributed by atoms with E-state index in [2.05, 4.69) is 15.4 Å². The van der Waals surface area contributed by atoms with Crippen molar-refractivity contribution < 1.29 is 37.1 Å². The lowest BCUT2D eigenvalue weighted by molar-refractivity contribution is -0.146. The summed E-state index contributed by atoms with van der Waals surface area (Å²) >= 11 is 12.4. The van der Waals surface area contributed by atoms with E-state index in [1.54, 1.807) is 13.8 Å². The minimum absolute atomic E-state index is 0.0312. The van der Waals surface area contributed by atoms with Crippen LogP contribution in [0.3, 0.4) is 0 Å². The van der Waals surface area contributed by atoms with E-state index in [1.165, 1.54) is 14.2 Å². The first-order chi connectivity index (χ1) is 18.4. The van der Waals surface area contributed by atoms with Gasteiger partial charge in [-0.3, -0.25) is 9.59 Å². The third-order valence-corrected chi connectivity index (χ3v) is 8.01. The number of carbonyl (C=O) groups is 4. The normalized spacial score (nSPS) is 14.0. The average Bonchev–Trinajstić information content (AvgIpc) is 2.84. The van der Waals surface area contributed by atoms with Gasteiger partial charge in [0.2, 0.25) is 15.9 Å². The molecule has 14 heteroatoms. The van der Waals surface area contributed by atoms with E-state index in [4.69, 9.17) is 32.7 Å². The number of benzene rings is 1. The molecule has 0 aliphatic heterocycles. The molecule has 0 aromatic heterocycles. The molecule has 3 N–H and O–H groups in total. The van der Waals surface area contributed by atoms with Gasteiger partial charge in [0, 0.05) is 0 Å². The lowest BCUT2D eigenvalue weighted by atomic mass is 10.0. The van der Waals surface area contributed by atoms with Crippen LogP contribution in [-0.2, 0) is 33.9 Å². The molecule has 40 heavy (non-hydrogen) atoms. The maximum absolute atomic E-state index is 13.4. The van der Waals surface area contributed by atoms with Crippen molar-refractivity contribution >= 4 is 57.0 Å². The van der Waals surface area contributed by atoms with Crippen LogP contribution in [0.25, 0.3) is 0 Å². The summed E-state index contributed by atoms with van der Waals surface area (Å²) in [7, 11) is -2.12. The fourth-order valence-electron chi connectivity index (χ4n) is 3.79. The molecule has 1 aromatic rings. The van der Waals surface area contributed by atoms with Crippen molar-refractivity contribution in [3.8, 4) is 0 Å². The molecule has 0 aliphatic carbocycles. The Morgan fingerprint density at radius 1 is 0.800 bits per heavy atom. The molecule has 2 amide bonds. The number of sulfonamides is 1. The third kappa shape index (κ3) is 10.2. The molecule has 0 radical (unpaired) electrons. The number of nitrogens with one attached hydrogen (secondary N) is 3. The van der Waals surface area contributed by atoms with E-state index < -0.39 is 62.7 Å². The summed E-state index contributed by atoms with van der Waals surface area (Å²) in [5, 5.41) is 4.63. The van der Waals surface area contributed by atoms with E-state index in [0.717, 1.165) is 12.1 Å². The molecular formula is C26H39Cl2N3O8S. The number of methoxy groups -OCH3 is 2. The number of esters is 2. The van der Waals surface area contributed by atoms with E-state index in [9.17, 15) is 27.6 Å². The van der Waals surface area contributed by atoms with Crippen molar-refractivity contribution in [1.82, 2.24) is 15.4 Å². The summed E-state index contributed by atoms with van der Waals surface area (Å²) in [6.45, 7) is 10.7. The van der Waals surface area contributed by atoms with Gasteiger partial charge in [0.1, 0.15) is 23.0 Å². The summed E-state index contributed by atoms with van der Waals surface area (Å²) in [5.74, 6) is -3.37. The summed E-state index contributed by atoms with van der Waals surface area (Å²) in [5.41, 5.74) is -0.252. The Labute approximate surface area is 246 Å². The van der Waals surface area contributed by atoms with Crippen LogP contribution >= 0.6 is 23.2 Å². The smallest absolute Gasteiger partial charge is 0.328 e. The van der Waals surface area contributed by atoms with Crippen molar-refractivity contribution in [1.29, 1.82) is 0 Å². The van der Waals surface area contributed by atoms with E-state index in [1.807, 2.05) is 27.7 Å². The van der Waals surface area contributed by atoms with Gasteiger partial charge in [-0.25, -0.2) is 18.0 Å². The first-order valence-corrected chi connectivity index (χ1v) is 15.0. The zero-order valence-electron chi connectivity index (χ0n) is 24.0. The SMILES string of the molecule is COC(=O)[C@H](CC(C)C)NC(=O)c1cc(S(=O)(=O)N[C@H](C(=O)N[C@@H](CC(C)C)C(=O)OC)C(C)C)c(Cl)cc1Cl. The minimum Gasteiger partial charge on any atom is -0.467 e. The predicted octanol–water partition coefficient (Wildman–Crippen LogP) is 3.32. The monoisotopic (exact) mass is 623 g/mol. The Kier molecular flexibility index (Phi) is 13.8. The van der Waals surface area contributed by atoms with E-state index in [0.29, 0.717) is 0 Å². The van der Waals surface area contributed by atoms with Gasteiger partial charge in [0.25, 0.3) is 5.91 Å². The molecule has 1 aromatic carbocycles. The summed E-state index contributed by atoms with van der Waals surface area (Å²) in [6.07, 6.45) is 0.547. The fraction of sp³-hybridized carbons (Fsp3) is 0.615. The number of rotatable bonds is 14. The van der Waals surface area contributed by atoms with Crippen molar-refractivity contribution in [2.24, 2.45) is 17.8 Å². The van der Waals surface area contributed by atoms with Crippen LogP contribution in [0.15, 0.2) is 17.0 Å². The number of carbonyl (C=O) groups excluding carboxylic acids is 4. The fourth-order valence-corrected chi connectivity index (χ4v) is 5.99. The quantitative estimate of drug-likeness (QED) is 0.266. The maximum atomic E-state index is 13.4. The standard InChI is InChI=1S/C26H39Cl2N3O8S/c1-13(2)9-19(25(34)38-7)29-23(32)16-11-21(18(28)12-17(16)27)40(36,37)31-22(15(5)6)24(33)30-20(10-14(3)4)26(35)39-8/h11-15,19-20,22,31H,9-10H2,1-8H3,(H,29,32)(H,30,33)/t19-,20-,22-/m0/s1. The molecule has 0 aliphatic rings. The average molecular weight is 625 g/mol. The second kappa shape index (κ2) is 15.6. The van der Waals surface area contributed by atoms with Crippen LogP contribution in [0.2, 0.25) is 10.0 Å². The second-order valence-corrected chi connectivity index (χ2v) is 13.0. The van der Waals surface area contributed by atoms with Gasteiger partial charge >= 0.3 is 11.9 Å². The zero-order chi connectivity index (χ0) is 30.9. The van der Waals surface area contributed by atoms with Crippen LogP contribution in [0.1, 0.15) is 64.7 Å². The number of amides is 2. The van der Waals surface area contributed by atoms with E-state index in [-0.39, 0.29) is 40.3 Å². The number of hydrogen-bond acceptors (Lipinski definition) is 8. The summed E-state index contributed by atoms with van der Waals surface area (Å²) in [6, 6.07) is -1.22. The van der Waals surface area contributed by atoms with Gasteiger partial charge < -0.3 is 20.1 Å². The number of halogens is 2. The second-order valence-electron chi connectivity index (χ2n) is 10.5. The predicted molar refractivity (Wildman–Crippen MR) is 152 cm³/mol. The third-order valence-electron chi connectivity index (χ3n) is 5.79. The van der Waals surface area contributed by atoms with E-state index >= 15 is 0 Å². The zero-order valence-corrected chi connectivity index (χ0v) is 26.3. The van der Waals surface area contributed by atoms with Gasteiger partial charge in [-0.1, -0.05) is 64.7 Å². The Hall–Kier alpha value is -2.41.